The van der Waals surface area contributed by atoms with Gasteiger partial charge in [0.05, 0.1) is 18.6 Å². The lowest BCUT2D eigenvalue weighted by Crippen LogP contribution is -2.59. The van der Waals surface area contributed by atoms with E-state index >= 15 is 0 Å². The third-order valence-corrected chi connectivity index (χ3v) is 9.89. The number of rotatable bonds is 21. The van der Waals surface area contributed by atoms with E-state index in [9.17, 15) is 33.9 Å². The summed E-state index contributed by atoms with van der Waals surface area (Å²) in [7, 11) is 0. The molecule has 7 N–H and O–H groups in total. The highest BCUT2D eigenvalue weighted by Crippen LogP contribution is 2.19. The molecule has 0 radical (unpaired) electrons. The first-order valence-corrected chi connectivity index (χ1v) is 21.1. The number of thioether (sulfide) groups is 1. The van der Waals surface area contributed by atoms with Crippen molar-refractivity contribution in [3.63, 3.8) is 0 Å². The lowest BCUT2D eigenvalue weighted by Gasteiger charge is -2.31. The third-order valence-electron chi connectivity index (χ3n) is 9.24. The van der Waals surface area contributed by atoms with Gasteiger partial charge in [-0.25, -0.2) is 4.79 Å². The third kappa shape index (κ3) is 18.5. The highest BCUT2D eigenvalue weighted by molar-refractivity contribution is 7.98. The number of carbonyl (C=O) groups is 6. The number of aliphatic hydroxyl groups is 1. The molecule has 1 saturated carbocycles. The minimum absolute atomic E-state index is 0.0255. The molecule has 6 atom stereocenters. The maximum Gasteiger partial charge on any atom is 0.408 e. The van der Waals surface area contributed by atoms with Crippen LogP contribution in [0.15, 0.2) is 0 Å². The number of ether oxygens (including phenoxy) is 1. The van der Waals surface area contributed by atoms with Gasteiger partial charge < -0.3 is 41.7 Å². The maximum absolute atomic E-state index is 13.7. The Morgan fingerprint density at radius 1 is 0.704 bits per heavy atom. The number of nitrogens with one attached hydrogen (secondary N) is 6. The number of hydrogen-bond donors (Lipinski definition) is 7. The van der Waals surface area contributed by atoms with Crippen LogP contribution in [0.3, 0.4) is 0 Å². The van der Waals surface area contributed by atoms with Gasteiger partial charge in [-0.05, 0) is 82.1 Å². The van der Waals surface area contributed by atoms with E-state index in [2.05, 4.69) is 31.9 Å². The lowest BCUT2D eigenvalue weighted by molar-refractivity contribution is -0.134. The molecule has 1 aliphatic rings. The molecule has 0 aromatic heterocycles. The molecule has 1 rings (SSSR count). The zero-order valence-corrected chi connectivity index (χ0v) is 35.7. The van der Waals surface area contributed by atoms with Crippen LogP contribution in [0.4, 0.5) is 4.79 Å². The molecule has 0 aromatic carbocycles. The Morgan fingerprint density at radius 3 is 1.72 bits per heavy atom. The average molecular weight is 785 g/mol. The quantitative estimate of drug-likeness (QED) is 0.0904. The van der Waals surface area contributed by atoms with Crippen molar-refractivity contribution in [2.24, 2.45) is 23.7 Å². The van der Waals surface area contributed by atoms with Gasteiger partial charge in [0.2, 0.25) is 29.5 Å². The predicted octanol–water partition coefficient (Wildman–Crippen LogP) is 3.79. The van der Waals surface area contributed by atoms with Crippen LogP contribution in [0, 0.1) is 23.7 Å². The fourth-order valence-corrected chi connectivity index (χ4v) is 6.73. The Labute approximate surface area is 328 Å². The fourth-order valence-electron chi connectivity index (χ4n) is 6.25. The smallest absolute Gasteiger partial charge is 0.408 e. The summed E-state index contributed by atoms with van der Waals surface area (Å²) in [5, 5.41) is 28.2. The highest BCUT2D eigenvalue weighted by Gasteiger charge is 2.35. The van der Waals surface area contributed by atoms with E-state index in [1.807, 2.05) is 34.0 Å². The van der Waals surface area contributed by atoms with E-state index in [1.54, 1.807) is 48.5 Å². The van der Waals surface area contributed by atoms with Gasteiger partial charge >= 0.3 is 6.09 Å². The molecule has 6 amide bonds. The van der Waals surface area contributed by atoms with Crippen molar-refractivity contribution in [2.45, 2.75) is 175 Å². The molecule has 0 bridgehead atoms. The van der Waals surface area contributed by atoms with Gasteiger partial charge in [-0.3, -0.25) is 24.0 Å². The molecule has 0 heterocycles. The summed E-state index contributed by atoms with van der Waals surface area (Å²) in [6.45, 7) is 19.8. The summed E-state index contributed by atoms with van der Waals surface area (Å²) < 4.78 is 5.33. The van der Waals surface area contributed by atoms with Crippen LogP contribution in [0.1, 0.15) is 128 Å². The van der Waals surface area contributed by atoms with E-state index in [-0.39, 0.29) is 42.0 Å². The molecule has 0 spiro atoms. The van der Waals surface area contributed by atoms with E-state index in [4.69, 9.17) is 4.74 Å². The molecule has 54 heavy (non-hydrogen) atoms. The Bertz CT molecular complexity index is 1220. The van der Waals surface area contributed by atoms with Gasteiger partial charge in [-0.15, -0.1) is 0 Å². The largest absolute Gasteiger partial charge is 0.444 e. The number of hydrogen-bond acceptors (Lipinski definition) is 9. The average Bonchev–Trinajstić information content (AvgIpc) is 3.05. The number of carbonyl (C=O) groups excluding carboxylic acids is 6. The molecular weight excluding hydrogens is 713 g/mol. The van der Waals surface area contributed by atoms with Crippen LogP contribution < -0.4 is 31.9 Å². The summed E-state index contributed by atoms with van der Waals surface area (Å²) >= 11 is 1.50. The minimum atomic E-state index is -1.31. The Balaban J connectivity index is 3.05. The van der Waals surface area contributed by atoms with Gasteiger partial charge in [0.1, 0.15) is 29.8 Å². The van der Waals surface area contributed by atoms with Crippen LogP contribution in [0.5, 0.6) is 0 Å². The van der Waals surface area contributed by atoms with Crippen LogP contribution in [-0.2, 0) is 28.7 Å². The summed E-state index contributed by atoms with van der Waals surface area (Å²) in [6.07, 6.45) is 5.11. The first-order chi connectivity index (χ1) is 25.1. The first-order valence-electron chi connectivity index (χ1n) is 19.7. The molecule has 1 aliphatic carbocycles. The molecule has 312 valence electrons. The molecule has 0 unspecified atom stereocenters. The molecule has 14 nitrogen and oxygen atoms in total. The summed E-state index contributed by atoms with van der Waals surface area (Å²) in [5.74, 6) is -2.68. The minimum Gasteiger partial charge on any atom is -0.444 e. The van der Waals surface area contributed by atoms with Gasteiger partial charge in [-0.2, -0.15) is 11.8 Å². The summed E-state index contributed by atoms with van der Waals surface area (Å²) in [4.78, 5) is 79.7. The van der Waals surface area contributed by atoms with Crippen molar-refractivity contribution < 1.29 is 38.6 Å². The van der Waals surface area contributed by atoms with Crippen LogP contribution in [-0.4, -0.2) is 101 Å². The van der Waals surface area contributed by atoms with Crippen molar-refractivity contribution in [1.29, 1.82) is 0 Å². The fraction of sp³-hybridized carbons (Fsp3) is 0.846. The van der Waals surface area contributed by atoms with Crippen LogP contribution >= 0.6 is 11.8 Å². The van der Waals surface area contributed by atoms with E-state index in [0.29, 0.717) is 12.2 Å². The van der Waals surface area contributed by atoms with Gasteiger partial charge in [0.15, 0.2) is 0 Å². The van der Waals surface area contributed by atoms with Gasteiger partial charge in [0, 0.05) is 6.04 Å². The second kappa shape index (κ2) is 23.8. The zero-order valence-electron chi connectivity index (χ0n) is 34.9. The standard InChI is InChI=1S/C39H72N6O8S/c1-22(2)20-28(42-34(48)27(18-19-54-12)41-36(50)33(25(7)8)45-38(52)53-39(9,10)11)29(46)21-30(47)43-31(23(3)4)37(51)44-32(24(5)6)35(49)40-26-16-14-13-15-17-26/h22-29,31-33,46H,13-21H2,1-12H3,(H,40,49)(H,41,50)(H,42,48)(H,43,47)(H,44,51)(H,45,52)/t27-,28-,29-,31-,32-,33-/m0/s1. The first kappa shape index (κ1) is 48.9. The predicted molar refractivity (Wildman–Crippen MR) is 213 cm³/mol. The molecule has 1 fully saturated rings. The van der Waals surface area contributed by atoms with Crippen molar-refractivity contribution >= 4 is 47.4 Å². The monoisotopic (exact) mass is 785 g/mol. The molecule has 15 heteroatoms. The highest BCUT2D eigenvalue weighted by atomic mass is 32.2. The maximum atomic E-state index is 13.7. The topological polar surface area (TPSA) is 204 Å². The lowest BCUT2D eigenvalue weighted by atomic mass is 9.94. The van der Waals surface area contributed by atoms with Crippen molar-refractivity contribution in [3.05, 3.63) is 0 Å². The van der Waals surface area contributed by atoms with Crippen molar-refractivity contribution in [1.82, 2.24) is 31.9 Å². The van der Waals surface area contributed by atoms with Crippen molar-refractivity contribution in [3.8, 4) is 0 Å². The van der Waals surface area contributed by atoms with Gasteiger partial charge in [0.25, 0.3) is 0 Å². The SMILES string of the molecule is CSCC[C@H](NC(=O)[C@@H](NC(=O)OC(C)(C)C)C(C)C)C(=O)N[C@@H](CC(C)C)[C@@H](O)CC(=O)N[C@H](C(=O)N[C@H](C(=O)NC1CCCCC1)C(C)C)C(C)C. The van der Waals surface area contributed by atoms with Gasteiger partial charge in [-0.1, -0.05) is 74.7 Å². The summed E-state index contributed by atoms with van der Waals surface area (Å²) in [5.41, 5.74) is -0.767. The Morgan fingerprint density at radius 2 is 1.22 bits per heavy atom. The second-order valence-electron chi connectivity index (χ2n) is 17.1. The van der Waals surface area contributed by atoms with Crippen molar-refractivity contribution in [2.75, 3.05) is 12.0 Å². The second-order valence-corrected chi connectivity index (χ2v) is 18.1. The normalized spacial score (nSPS) is 17.2. The molecule has 0 saturated heterocycles. The Kier molecular flexibility index (Phi) is 21.5. The number of amides is 6. The Hall–Kier alpha value is -3.07. The van der Waals surface area contributed by atoms with Crippen LogP contribution in [0.25, 0.3) is 0 Å². The number of alkyl carbamates (subject to hydrolysis) is 1. The molecule has 0 aromatic rings. The van der Waals surface area contributed by atoms with E-state index in [1.165, 1.54) is 11.8 Å². The van der Waals surface area contributed by atoms with Crippen LogP contribution in [0.2, 0.25) is 0 Å². The zero-order chi connectivity index (χ0) is 41.3. The molecule has 0 aliphatic heterocycles. The summed E-state index contributed by atoms with van der Waals surface area (Å²) in [6, 6.07) is -4.48. The van der Waals surface area contributed by atoms with E-state index in [0.717, 1.165) is 32.1 Å². The number of aliphatic hydroxyl groups excluding tert-OH is 1. The molecular formula is C39H72N6O8S. The van der Waals surface area contributed by atoms with E-state index < -0.39 is 78.1 Å².